The van der Waals surface area contributed by atoms with Gasteiger partial charge < -0.3 is 0 Å². The fourth-order valence-electron chi connectivity index (χ4n) is 1.65. The largest absolute Gasteiger partial charge is 0.297 e. The van der Waals surface area contributed by atoms with Crippen molar-refractivity contribution in [3.05, 3.63) is 30.1 Å². The zero-order chi connectivity index (χ0) is 12.0. The molecule has 0 bridgehead atoms. The topological polar surface area (TPSA) is 16.1 Å². The van der Waals surface area contributed by atoms with E-state index in [2.05, 4.69) is 52.7 Å². The van der Waals surface area contributed by atoms with Crippen molar-refractivity contribution < 1.29 is 0 Å². The molecule has 0 aliphatic heterocycles. The predicted octanol–water partition coefficient (Wildman–Crippen LogP) is 3.32. The first kappa shape index (κ1) is 13.7. The van der Waals surface area contributed by atoms with Crippen LogP contribution < -0.4 is 0 Å². The van der Waals surface area contributed by atoms with Crippen LogP contribution in [0.4, 0.5) is 0 Å². The quantitative estimate of drug-likeness (QED) is 0.745. The Labute approximate surface area is 107 Å². The summed E-state index contributed by atoms with van der Waals surface area (Å²) in [7, 11) is 0. The highest BCUT2D eigenvalue weighted by Gasteiger charge is 2.19. The first-order valence-corrected chi connectivity index (χ1v) is 6.88. The fraction of sp³-hybridized carbons (Fsp3) is 0.615. The Kier molecular flexibility index (Phi) is 5.42. The van der Waals surface area contributed by atoms with Gasteiger partial charge in [-0.25, -0.2) is 0 Å². The molecule has 0 radical (unpaired) electrons. The van der Waals surface area contributed by atoms with Gasteiger partial charge in [-0.1, -0.05) is 42.8 Å². The maximum Gasteiger partial charge on any atom is 0.0543 e. The van der Waals surface area contributed by atoms with Crippen LogP contribution in [0.5, 0.6) is 0 Å². The molecule has 1 aromatic rings. The molecular weight excluding hydrogens is 264 g/mol. The Hall–Kier alpha value is -0.410. The number of hydrogen-bond acceptors (Lipinski definition) is 2. The smallest absolute Gasteiger partial charge is 0.0543 e. The van der Waals surface area contributed by atoms with E-state index in [1.54, 1.807) is 0 Å². The van der Waals surface area contributed by atoms with Gasteiger partial charge in [0.25, 0.3) is 0 Å². The second-order valence-corrected chi connectivity index (χ2v) is 5.48. The van der Waals surface area contributed by atoms with Crippen LogP contribution in [0.3, 0.4) is 0 Å². The number of halogens is 1. The number of hydrogen-bond donors (Lipinski definition) is 0. The molecule has 3 heteroatoms. The van der Waals surface area contributed by atoms with Gasteiger partial charge in [0.2, 0.25) is 0 Å². The van der Waals surface area contributed by atoms with Gasteiger partial charge in [0.1, 0.15) is 0 Å². The molecular formula is C13H21BrN2. The average Bonchev–Trinajstić information content (AvgIpc) is 2.29. The van der Waals surface area contributed by atoms with Crippen LogP contribution in [0, 0.1) is 5.41 Å². The highest BCUT2D eigenvalue weighted by molar-refractivity contribution is 9.09. The van der Waals surface area contributed by atoms with Crippen molar-refractivity contribution >= 4 is 15.9 Å². The van der Waals surface area contributed by atoms with Gasteiger partial charge in [-0.3, -0.25) is 9.88 Å². The number of rotatable bonds is 6. The van der Waals surface area contributed by atoms with E-state index in [-0.39, 0.29) is 0 Å². The zero-order valence-corrected chi connectivity index (χ0v) is 12.0. The molecule has 2 nitrogen and oxygen atoms in total. The lowest BCUT2D eigenvalue weighted by Gasteiger charge is -2.30. The third-order valence-electron chi connectivity index (χ3n) is 2.57. The van der Waals surface area contributed by atoms with E-state index in [9.17, 15) is 0 Å². The zero-order valence-electron chi connectivity index (χ0n) is 10.4. The highest BCUT2D eigenvalue weighted by atomic mass is 79.9. The Morgan fingerprint density at radius 3 is 2.62 bits per heavy atom. The first-order chi connectivity index (χ1) is 7.57. The number of nitrogens with zero attached hydrogens (tertiary/aromatic N) is 2. The van der Waals surface area contributed by atoms with Gasteiger partial charge in [0.05, 0.1) is 5.69 Å². The third-order valence-corrected chi connectivity index (χ3v) is 4.09. The molecule has 0 fully saturated rings. The van der Waals surface area contributed by atoms with Crippen molar-refractivity contribution in [2.75, 3.05) is 18.4 Å². The Bertz CT molecular complexity index is 298. The average molecular weight is 285 g/mol. The van der Waals surface area contributed by atoms with Crippen LogP contribution in [0.2, 0.25) is 0 Å². The van der Waals surface area contributed by atoms with Crippen LogP contribution in [0.15, 0.2) is 24.4 Å². The van der Waals surface area contributed by atoms with E-state index in [1.165, 1.54) is 0 Å². The monoisotopic (exact) mass is 284 g/mol. The van der Waals surface area contributed by atoms with Crippen LogP contribution in [-0.2, 0) is 6.54 Å². The van der Waals surface area contributed by atoms with E-state index >= 15 is 0 Å². The molecule has 0 unspecified atom stereocenters. The molecule has 0 atom stereocenters. The second-order valence-electron chi connectivity index (χ2n) is 4.92. The van der Waals surface area contributed by atoms with Crippen molar-refractivity contribution in [3.63, 3.8) is 0 Å². The van der Waals surface area contributed by atoms with E-state index in [0.29, 0.717) is 5.41 Å². The van der Waals surface area contributed by atoms with Gasteiger partial charge in [-0.15, -0.1) is 0 Å². The SMILES string of the molecule is CCN(Cc1ccccn1)CC(C)(C)CBr. The minimum absolute atomic E-state index is 0.310. The molecule has 0 N–H and O–H groups in total. The minimum Gasteiger partial charge on any atom is -0.297 e. The number of pyridine rings is 1. The van der Waals surface area contributed by atoms with Gasteiger partial charge in [-0.05, 0) is 24.1 Å². The summed E-state index contributed by atoms with van der Waals surface area (Å²) < 4.78 is 0. The van der Waals surface area contributed by atoms with Gasteiger partial charge in [-0.2, -0.15) is 0 Å². The van der Waals surface area contributed by atoms with E-state index in [4.69, 9.17) is 0 Å². The molecule has 0 aromatic carbocycles. The van der Waals surface area contributed by atoms with Gasteiger partial charge >= 0.3 is 0 Å². The maximum absolute atomic E-state index is 4.37. The summed E-state index contributed by atoms with van der Waals surface area (Å²) in [6.07, 6.45) is 1.86. The van der Waals surface area contributed by atoms with Crippen LogP contribution in [-0.4, -0.2) is 28.3 Å². The Morgan fingerprint density at radius 2 is 2.12 bits per heavy atom. The molecule has 1 aromatic heterocycles. The summed E-state index contributed by atoms with van der Waals surface area (Å²) >= 11 is 3.57. The second kappa shape index (κ2) is 6.36. The number of alkyl halides is 1. The molecule has 90 valence electrons. The molecule has 0 spiro atoms. The molecule has 1 rings (SSSR count). The van der Waals surface area contributed by atoms with E-state index in [1.807, 2.05) is 18.3 Å². The van der Waals surface area contributed by atoms with Crippen molar-refractivity contribution in [1.82, 2.24) is 9.88 Å². The molecule has 1 heterocycles. The summed E-state index contributed by atoms with van der Waals surface area (Å²) in [4.78, 5) is 6.80. The van der Waals surface area contributed by atoms with Gasteiger partial charge in [0, 0.05) is 24.6 Å². The lowest BCUT2D eigenvalue weighted by atomic mass is 9.96. The predicted molar refractivity (Wildman–Crippen MR) is 72.8 cm³/mol. The summed E-state index contributed by atoms with van der Waals surface area (Å²) in [6.45, 7) is 9.85. The Morgan fingerprint density at radius 1 is 1.38 bits per heavy atom. The summed E-state index contributed by atoms with van der Waals surface area (Å²) in [5.74, 6) is 0. The van der Waals surface area contributed by atoms with Crippen LogP contribution in [0.25, 0.3) is 0 Å². The van der Waals surface area contributed by atoms with Crippen molar-refractivity contribution in [3.8, 4) is 0 Å². The standard InChI is InChI=1S/C13H21BrN2/c1-4-16(11-13(2,3)10-14)9-12-7-5-6-8-15-12/h5-8H,4,9-11H2,1-3H3. The maximum atomic E-state index is 4.37. The first-order valence-electron chi connectivity index (χ1n) is 5.75. The molecule has 0 aliphatic carbocycles. The van der Waals surface area contributed by atoms with Crippen molar-refractivity contribution in [2.24, 2.45) is 5.41 Å². The summed E-state index contributed by atoms with van der Waals surface area (Å²) in [5.41, 5.74) is 1.46. The summed E-state index contributed by atoms with van der Waals surface area (Å²) in [5, 5.41) is 1.03. The fourth-order valence-corrected chi connectivity index (χ4v) is 1.83. The minimum atomic E-state index is 0.310. The highest BCUT2D eigenvalue weighted by Crippen LogP contribution is 2.20. The lowest BCUT2D eigenvalue weighted by molar-refractivity contribution is 0.194. The molecule has 0 saturated heterocycles. The van der Waals surface area contributed by atoms with Gasteiger partial charge in [0.15, 0.2) is 0 Å². The molecule has 0 saturated carbocycles. The molecule has 16 heavy (non-hydrogen) atoms. The van der Waals surface area contributed by atoms with Crippen molar-refractivity contribution in [2.45, 2.75) is 27.3 Å². The van der Waals surface area contributed by atoms with E-state index < -0.39 is 0 Å². The van der Waals surface area contributed by atoms with Crippen LogP contribution >= 0.6 is 15.9 Å². The number of aromatic nitrogens is 1. The Balaban J connectivity index is 2.56. The van der Waals surface area contributed by atoms with E-state index in [0.717, 1.165) is 30.7 Å². The molecule has 0 aliphatic rings. The molecule has 0 amide bonds. The summed E-state index contributed by atoms with van der Waals surface area (Å²) in [6, 6.07) is 6.10. The normalized spacial score (nSPS) is 12.1. The van der Waals surface area contributed by atoms with Crippen LogP contribution in [0.1, 0.15) is 26.5 Å². The van der Waals surface area contributed by atoms with Crippen molar-refractivity contribution in [1.29, 1.82) is 0 Å². The lowest BCUT2D eigenvalue weighted by Crippen LogP contribution is -2.35. The third kappa shape index (κ3) is 4.62.